The number of aliphatic hydroxyl groups is 1. The summed E-state index contributed by atoms with van der Waals surface area (Å²) in [5.41, 5.74) is -0.869. The Hall–Kier alpha value is -0.810. The summed E-state index contributed by atoms with van der Waals surface area (Å²) in [5.74, 6) is 0. The predicted molar refractivity (Wildman–Crippen MR) is 58.8 cm³/mol. The summed E-state index contributed by atoms with van der Waals surface area (Å²) in [6.45, 7) is 7.18. The smallest absolute Gasteiger partial charge is 0.317 e. The number of ether oxygens (including phenoxy) is 1. The average molecular weight is 218 g/mol. The summed E-state index contributed by atoms with van der Waals surface area (Å²) in [4.78, 5) is 12.9. The molecule has 0 saturated heterocycles. The first-order valence-electron chi connectivity index (χ1n) is 5.16. The van der Waals surface area contributed by atoms with Crippen molar-refractivity contribution in [2.75, 3.05) is 33.4 Å². The van der Waals surface area contributed by atoms with Gasteiger partial charge in [-0.1, -0.05) is 0 Å². The van der Waals surface area contributed by atoms with Crippen LogP contribution in [0.15, 0.2) is 0 Å². The van der Waals surface area contributed by atoms with Gasteiger partial charge in [0, 0.05) is 20.2 Å². The third-order valence-corrected chi connectivity index (χ3v) is 1.70. The van der Waals surface area contributed by atoms with Crippen molar-refractivity contribution in [2.45, 2.75) is 26.4 Å². The maximum Gasteiger partial charge on any atom is 0.317 e. The summed E-state index contributed by atoms with van der Waals surface area (Å²) in [5, 5.41) is 12.2. The van der Waals surface area contributed by atoms with Gasteiger partial charge in [-0.15, -0.1) is 0 Å². The van der Waals surface area contributed by atoms with E-state index in [9.17, 15) is 9.90 Å². The highest BCUT2D eigenvalue weighted by Gasteiger charge is 2.18. The minimum Gasteiger partial charge on any atom is -0.389 e. The highest BCUT2D eigenvalue weighted by atomic mass is 16.5. The molecule has 0 aromatic rings. The van der Waals surface area contributed by atoms with Crippen molar-refractivity contribution in [3.8, 4) is 0 Å². The number of hydrogen-bond acceptors (Lipinski definition) is 3. The Morgan fingerprint density at radius 1 is 1.53 bits per heavy atom. The van der Waals surface area contributed by atoms with E-state index in [-0.39, 0.29) is 6.03 Å². The Morgan fingerprint density at radius 3 is 2.60 bits per heavy atom. The fraction of sp³-hybridized carbons (Fsp3) is 0.900. The second-order valence-corrected chi connectivity index (χ2v) is 4.10. The van der Waals surface area contributed by atoms with Gasteiger partial charge in [-0.2, -0.15) is 0 Å². The molecular formula is C10H22N2O3. The molecule has 5 nitrogen and oxygen atoms in total. The monoisotopic (exact) mass is 218 g/mol. The van der Waals surface area contributed by atoms with Gasteiger partial charge in [-0.3, -0.25) is 0 Å². The molecule has 0 unspecified atom stereocenters. The van der Waals surface area contributed by atoms with Crippen LogP contribution in [-0.4, -0.2) is 55.0 Å². The molecule has 0 spiro atoms. The number of nitrogens with one attached hydrogen (secondary N) is 1. The molecule has 0 radical (unpaired) electrons. The molecule has 2 amide bonds. The van der Waals surface area contributed by atoms with Crippen molar-refractivity contribution in [1.82, 2.24) is 10.2 Å². The fourth-order valence-corrected chi connectivity index (χ4v) is 1.16. The number of carbonyl (C=O) groups excluding carboxylic acids is 1. The van der Waals surface area contributed by atoms with E-state index in [2.05, 4.69) is 5.32 Å². The zero-order valence-electron chi connectivity index (χ0n) is 10.0. The highest BCUT2D eigenvalue weighted by molar-refractivity contribution is 5.73. The number of urea groups is 1. The van der Waals surface area contributed by atoms with E-state index in [4.69, 9.17) is 4.74 Å². The molecule has 0 aliphatic heterocycles. The molecule has 0 fully saturated rings. The first kappa shape index (κ1) is 14.2. The third-order valence-electron chi connectivity index (χ3n) is 1.70. The van der Waals surface area contributed by atoms with Gasteiger partial charge in [0.25, 0.3) is 0 Å². The second kappa shape index (κ2) is 6.63. The van der Waals surface area contributed by atoms with Gasteiger partial charge in [-0.05, 0) is 20.8 Å². The largest absolute Gasteiger partial charge is 0.389 e. The first-order chi connectivity index (χ1) is 6.87. The molecule has 0 aliphatic carbocycles. The number of likely N-dealkylation sites (N-methyl/N-ethyl adjacent to an activating group) is 1. The Labute approximate surface area is 91.4 Å². The quantitative estimate of drug-likeness (QED) is 0.636. The summed E-state index contributed by atoms with van der Waals surface area (Å²) in [7, 11) is 1.65. The number of carbonyl (C=O) groups is 1. The Kier molecular flexibility index (Phi) is 6.27. The third kappa shape index (κ3) is 8.20. The van der Waals surface area contributed by atoms with Gasteiger partial charge in [0.05, 0.1) is 18.8 Å². The van der Waals surface area contributed by atoms with E-state index in [1.54, 1.807) is 20.9 Å². The van der Waals surface area contributed by atoms with Crippen molar-refractivity contribution in [2.24, 2.45) is 0 Å². The summed E-state index contributed by atoms with van der Waals surface area (Å²) < 4.78 is 5.08. The number of nitrogens with zero attached hydrogens (tertiary/aromatic N) is 1. The van der Waals surface area contributed by atoms with Crippen LogP contribution in [0.1, 0.15) is 20.8 Å². The van der Waals surface area contributed by atoms with Crippen LogP contribution in [0.25, 0.3) is 0 Å². The summed E-state index contributed by atoms with van der Waals surface area (Å²) >= 11 is 0. The molecule has 0 rings (SSSR count). The van der Waals surface area contributed by atoms with Gasteiger partial charge in [0.15, 0.2) is 0 Å². The number of amides is 2. The first-order valence-corrected chi connectivity index (χ1v) is 5.16. The lowest BCUT2D eigenvalue weighted by atomic mass is 10.1. The van der Waals surface area contributed by atoms with Crippen LogP contribution in [0, 0.1) is 0 Å². The molecule has 0 heterocycles. The molecule has 0 aromatic carbocycles. The van der Waals surface area contributed by atoms with Gasteiger partial charge < -0.3 is 20.1 Å². The van der Waals surface area contributed by atoms with Crippen LogP contribution in [0.3, 0.4) is 0 Å². The van der Waals surface area contributed by atoms with Crippen molar-refractivity contribution in [1.29, 1.82) is 0 Å². The Balaban J connectivity index is 3.70. The number of rotatable bonds is 6. The van der Waals surface area contributed by atoms with Crippen LogP contribution >= 0.6 is 0 Å². The van der Waals surface area contributed by atoms with E-state index in [0.717, 1.165) is 0 Å². The molecule has 90 valence electrons. The molecule has 0 aromatic heterocycles. The molecule has 0 atom stereocenters. The zero-order chi connectivity index (χ0) is 11.9. The molecule has 0 bridgehead atoms. The maximum atomic E-state index is 11.4. The minimum absolute atomic E-state index is 0.197. The summed E-state index contributed by atoms with van der Waals surface area (Å²) in [6.07, 6.45) is 0. The van der Waals surface area contributed by atoms with Gasteiger partial charge in [-0.25, -0.2) is 4.79 Å². The molecule has 0 saturated carbocycles. The Morgan fingerprint density at radius 2 is 2.13 bits per heavy atom. The second-order valence-electron chi connectivity index (χ2n) is 4.10. The standard InChI is InChI=1S/C10H22N2O3/c1-5-15-7-6-11-9(13)12(4)8-10(2,3)14/h14H,5-8H2,1-4H3,(H,11,13). The van der Waals surface area contributed by atoms with E-state index in [1.807, 2.05) is 6.92 Å². The average Bonchev–Trinajstić information content (AvgIpc) is 2.09. The van der Waals surface area contributed by atoms with Crippen molar-refractivity contribution in [3.05, 3.63) is 0 Å². The lowest BCUT2D eigenvalue weighted by Gasteiger charge is -2.25. The topological polar surface area (TPSA) is 61.8 Å². The van der Waals surface area contributed by atoms with E-state index in [1.165, 1.54) is 4.90 Å². The number of hydrogen-bond donors (Lipinski definition) is 2. The van der Waals surface area contributed by atoms with Crippen molar-refractivity contribution in [3.63, 3.8) is 0 Å². The Bertz CT molecular complexity index is 190. The minimum atomic E-state index is -0.869. The SMILES string of the molecule is CCOCCNC(=O)N(C)CC(C)(C)O. The van der Waals surface area contributed by atoms with Crippen LogP contribution in [-0.2, 0) is 4.74 Å². The molecule has 2 N–H and O–H groups in total. The van der Waals surface area contributed by atoms with E-state index >= 15 is 0 Å². The summed E-state index contributed by atoms with van der Waals surface area (Å²) in [6, 6.07) is -0.197. The lowest BCUT2D eigenvalue weighted by Crippen LogP contribution is -2.45. The molecular weight excluding hydrogens is 196 g/mol. The maximum absolute atomic E-state index is 11.4. The van der Waals surface area contributed by atoms with Crippen molar-refractivity contribution >= 4 is 6.03 Å². The van der Waals surface area contributed by atoms with Crippen LogP contribution in [0.4, 0.5) is 4.79 Å². The van der Waals surface area contributed by atoms with Crippen LogP contribution < -0.4 is 5.32 Å². The molecule has 15 heavy (non-hydrogen) atoms. The van der Waals surface area contributed by atoms with Crippen molar-refractivity contribution < 1.29 is 14.6 Å². The van der Waals surface area contributed by atoms with Crippen LogP contribution in [0.5, 0.6) is 0 Å². The van der Waals surface area contributed by atoms with Crippen LogP contribution in [0.2, 0.25) is 0 Å². The van der Waals surface area contributed by atoms with Gasteiger partial charge >= 0.3 is 6.03 Å². The lowest BCUT2D eigenvalue weighted by molar-refractivity contribution is 0.0528. The van der Waals surface area contributed by atoms with Gasteiger partial charge in [0.2, 0.25) is 0 Å². The predicted octanol–water partition coefficient (Wildman–Crippen LogP) is 0.435. The normalized spacial score (nSPS) is 11.3. The van der Waals surface area contributed by atoms with E-state index < -0.39 is 5.60 Å². The molecule has 0 aliphatic rings. The van der Waals surface area contributed by atoms with E-state index in [0.29, 0.717) is 26.3 Å². The zero-order valence-corrected chi connectivity index (χ0v) is 10.0. The fourth-order valence-electron chi connectivity index (χ4n) is 1.16. The molecule has 5 heteroatoms. The van der Waals surface area contributed by atoms with Gasteiger partial charge in [0.1, 0.15) is 0 Å². The highest BCUT2D eigenvalue weighted by Crippen LogP contribution is 2.02.